The first-order valence-electron chi connectivity index (χ1n) is 29.9. The summed E-state index contributed by atoms with van der Waals surface area (Å²) in [5.41, 5.74) is 5.08. The highest BCUT2D eigenvalue weighted by atomic mass is 15.0. The average molecular weight is 867 g/mol. The van der Waals surface area contributed by atoms with E-state index in [1.807, 2.05) is 54.6 Å². The fraction of sp³-hybridized carbons (Fsp3) is 0.115. The molecule has 12 aromatic rings. The molecular weight excluding hydrogens is 803 g/mol. The third-order valence-electron chi connectivity index (χ3n) is 12.1. The highest BCUT2D eigenvalue weighted by molar-refractivity contribution is 6.31. The van der Waals surface area contributed by atoms with Crippen LogP contribution in [0.4, 0.5) is 0 Å². The van der Waals surface area contributed by atoms with Gasteiger partial charge in [0.25, 0.3) is 0 Å². The number of fused-ring (bicyclic) bond motifs is 6. The molecule has 316 valence electrons. The molecule has 5 nitrogen and oxygen atoms in total. The van der Waals surface area contributed by atoms with Gasteiger partial charge in [0.1, 0.15) is 5.82 Å². The van der Waals surface area contributed by atoms with Gasteiger partial charge in [-0.3, -0.25) is 19.4 Å². The van der Waals surface area contributed by atoms with Gasteiger partial charge in [-0.2, -0.15) is 0 Å². The predicted molar refractivity (Wildman–Crippen MR) is 273 cm³/mol. The molecular formula is C61H47N5. The summed E-state index contributed by atoms with van der Waals surface area (Å²) in [5, 5.41) is 3.94. The lowest BCUT2D eigenvalue weighted by Crippen LogP contribution is -1.98. The number of pyridine rings is 4. The van der Waals surface area contributed by atoms with E-state index >= 15 is 0 Å². The van der Waals surface area contributed by atoms with Crippen molar-refractivity contribution in [3.8, 4) is 44.8 Å². The van der Waals surface area contributed by atoms with Crippen LogP contribution in [0.2, 0.25) is 0 Å². The van der Waals surface area contributed by atoms with E-state index < -0.39 is 46.0 Å². The lowest BCUT2D eigenvalue weighted by atomic mass is 9.89. The molecule has 12 rings (SSSR count). The Balaban J connectivity index is 1.01. The lowest BCUT2D eigenvalue weighted by Gasteiger charge is -2.17. The fourth-order valence-electron chi connectivity index (χ4n) is 8.99. The van der Waals surface area contributed by atoms with Gasteiger partial charge in [0.15, 0.2) is 0 Å². The first kappa shape index (κ1) is 25.5. The van der Waals surface area contributed by atoms with Crippen molar-refractivity contribution in [2.45, 2.75) is 46.0 Å². The molecule has 66 heavy (non-hydrogen) atoms. The van der Waals surface area contributed by atoms with Gasteiger partial charge in [-0.1, -0.05) is 140 Å². The summed E-state index contributed by atoms with van der Waals surface area (Å²) >= 11 is 0. The first-order chi connectivity index (χ1) is 39.1. The minimum absolute atomic E-state index is 0.0416. The third kappa shape index (κ3) is 7.05. The van der Waals surface area contributed by atoms with Gasteiger partial charge < -0.3 is 0 Å². The van der Waals surface area contributed by atoms with Crippen LogP contribution in [0.5, 0.6) is 0 Å². The van der Waals surface area contributed by atoms with Crippen LogP contribution in [-0.2, 0) is 25.5 Å². The summed E-state index contributed by atoms with van der Waals surface area (Å²) in [7, 11) is 0. The van der Waals surface area contributed by atoms with Crippen LogP contribution >= 0.6 is 0 Å². The van der Waals surface area contributed by atoms with Gasteiger partial charge in [-0.05, 0) is 137 Å². The molecule has 0 aliphatic heterocycles. The Bertz CT molecular complexity index is 4350. The van der Waals surface area contributed by atoms with Crippen LogP contribution in [0.1, 0.15) is 62.5 Å². The minimum atomic E-state index is -2.95. The normalized spacial score (nSPS) is 17.1. The number of aromatic nitrogens is 5. The molecule has 0 amide bonds. The molecule has 5 heterocycles. The highest BCUT2D eigenvalue weighted by Crippen LogP contribution is 2.42. The van der Waals surface area contributed by atoms with E-state index in [9.17, 15) is 11.0 Å². The summed E-state index contributed by atoms with van der Waals surface area (Å²) in [5.74, 6) is -0.149. The molecule has 0 saturated heterocycles. The minimum Gasteiger partial charge on any atom is -0.295 e. The quantitative estimate of drug-likeness (QED) is 0.101. The maximum atomic E-state index is 9.74. The zero-order valence-electron chi connectivity index (χ0n) is 52.1. The molecule has 0 unspecified atom stereocenters. The van der Waals surface area contributed by atoms with Gasteiger partial charge in [-0.15, -0.1) is 0 Å². The number of imidazole rings is 1. The monoisotopic (exact) mass is 866 g/mol. The van der Waals surface area contributed by atoms with Crippen LogP contribution in [0.3, 0.4) is 0 Å². The predicted octanol–water partition coefficient (Wildman–Crippen LogP) is 14.7. The number of benzene rings is 7. The van der Waals surface area contributed by atoms with Crippen LogP contribution in [0, 0.1) is 20.6 Å². The van der Waals surface area contributed by atoms with Crippen molar-refractivity contribution in [3.05, 3.63) is 222 Å². The average Bonchev–Trinajstić information content (AvgIpc) is 2.86. The van der Waals surface area contributed by atoms with Gasteiger partial charge in [0, 0.05) is 69.2 Å². The second-order valence-corrected chi connectivity index (χ2v) is 16.2. The Hall–Kier alpha value is -8.02. The number of hydrogen-bond donors (Lipinski definition) is 0. The summed E-state index contributed by atoms with van der Waals surface area (Å²) in [6.45, 7) is -7.41. The lowest BCUT2D eigenvalue weighted by molar-refractivity contribution is 0.931. The van der Waals surface area contributed by atoms with Crippen LogP contribution < -0.4 is 0 Å². The molecule has 5 aromatic heterocycles. The van der Waals surface area contributed by atoms with Crippen molar-refractivity contribution < 1.29 is 23.3 Å². The van der Waals surface area contributed by atoms with Crippen molar-refractivity contribution in [1.82, 2.24) is 24.3 Å². The maximum Gasteiger partial charge on any atom is 0.111 e. The van der Waals surface area contributed by atoms with Crippen LogP contribution in [-0.4, -0.2) is 24.3 Å². The van der Waals surface area contributed by atoms with E-state index in [1.165, 1.54) is 73.1 Å². The Morgan fingerprint density at radius 2 is 1.05 bits per heavy atom. The third-order valence-corrected chi connectivity index (χ3v) is 12.1. The molecule has 0 aliphatic rings. The maximum absolute atomic E-state index is 9.74. The topological polar surface area (TPSA) is 56.0 Å². The van der Waals surface area contributed by atoms with E-state index in [1.54, 1.807) is 53.1 Å². The molecule has 7 aromatic carbocycles. The smallest absolute Gasteiger partial charge is 0.111 e. The number of rotatable bonds is 10. The summed E-state index contributed by atoms with van der Waals surface area (Å²) in [6.07, 6.45) is -7.35. The van der Waals surface area contributed by atoms with Crippen molar-refractivity contribution in [3.63, 3.8) is 0 Å². The molecule has 0 atom stereocenters. The molecule has 0 radical (unpaired) electrons. The molecule has 0 aliphatic carbocycles. The first-order valence-corrected chi connectivity index (χ1v) is 21.4. The fourth-order valence-corrected chi connectivity index (χ4v) is 8.99. The van der Waals surface area contributed by atoms with Crippen LogP contribution in [0.25, 0.3) is 93.8 Å². The molecule has 0 bridgehead atoms. The largest absolute Gasteiger partial charge is 0.295 e. The van der Waals surface area contributed by atoms with Crippen molar-refractivity contribution in [2.75, 3.05) is 0 Å². The van der Waals surface area contributed by atoms with E-state index in [4.69, 9.17) is 22.3 Å². The molecule has 0 saturated carbocycles. The van der Waals surface area contributed by atoms with E-state index in [0.29, 0.717) is 66.7 Å². The van der Waals surface area contributed by atoms with Gasteiger partial charge >= 0.3 is 0 Å². The zero-order valence-corrected chi connectivity index (χ0v) is 35.1. The van der Waals surface area contributed by atoms with Gasteiger partial charge in [-0.25, -0.2) is 4.98 Å². The van der Waals surface area contributed by atoms with Crippen molar-refractivity contribution in [2.24, 2.45) is 0 Å². The SMILES string of the molecule is [2H]C([2H])([2H])c1ccc(-c2ccc(C([2H])([2H])C([2H])([2H])c3cc(-c4ccccc4-c4ccc5c6nccc7c8ccccc8c8nc(C([2H])([2H])[2H])n(c5c4)c8c76)cc(C([2H])([2H])C([2H])([2H])c4ccc(-c5ccc(C([2H])([2H])[2H])cn5)cc4)c3)cc2)nc1. The number of aryl methyl sites for hydroxylation is 7. The number of nitrogens with zero attached hydrogens (tertiary/aromatic N) is 5. The van der Waals surface area contributed by atoms with Crippen molar-refractivity contribution in [1.29, 1.82) is 0 Å². The second kappa shape index (κ2) is 16.2. The summed E-state index contributed by atoms with van der Waals surface area (Å²) < 4.78 is 151. The molecule has 0 N–H and O–H groups in total. The zero-order chi connectivity index (χ0) is 59.0. The standard InChI is InChI=1S/C61H47N5/c1-38-12-28-55(63-36-38)45-22-18-41(19-23-45)14-16-43-32-44(17-15-42-20-24-46(25-21-42)56-29-13-39(2)37-64-56)34-48(33-43)50-9-5-4-8-49(50)47-26-27-54-57(35-47)66-40(3)65-60-53-11-7-6-10-51(53)52-30-31-62-59(54)58(52)61(60)66/h4-13,18-37H,14-17H2,1-3H3/i1D3,2D3,3D3,14D2,15D2,16D2,17D2. The van der Waals surface area contributed by atoms with Gasteiger partial charge in [0.05, 0.1) is 33.5 Å². The Morgan fingerprint density at radius 3 is 1.65 bits per heavy atom. The Kier molecular flexibility index (Phi) is 6.25. The summed E-state index contributed by atoms with van der Waals surface area (Å²) in [4.78, 5) is 18.3. The molecule has 5 heteroatoms. The van der Waals surface area contributed by atoms with E-state index in [0.717, 1.165) is 27.6 Å². The Labute approximate surface area is 408 Å². The number of hydrogen-bond acceptors (Lipinski definition) is 4. The Morgan fingerprint density at radius 1 is 0.455 bits per heavy atom. The van der Waals surface area contributed by atoms with Gasteiger partial charge in [0.2, 0.25) is 0 Å². The second-order valence-electron chi connectivity index (χ2n) is 16.2. The molecule has 0 spiro atoms. The van der Waals surface area contributed by atoms with Crippen molar-refractivity contribution >= 4 is 49.0 Å². The van der Waals surface area contributed by atoms with Crippen LogP contribution in [0.15, 0.2) is 182 Å². The van der Waals surface area contributed by atoms with E-state index in [-0.39, 0.29) is 44.8 Å². The summed E-state index contributed by atoms with van der Waals surface area (Å²) in [6, 6.07) is 44.0. The highest BCUT2D eigenvalue weighted by Gasteiger charge is 2.22. The molecule has 0 fully saturated rings. The van der Waals surface area contributed by atoms with E-state index in [2.05, 4.69) is 9.97 Å².